The van der Waals surface area contributed by atoms with Crippen LogP contribution in [0.25, 0.3) is 0 Å². The van der Waals surface area contributed by atoms with Gasteiger partial charge in [-0.15, -0.1) is 12.4 Å². The highest BCUT2D eigenvalue weighted by Gasteiger charge is 2.25. The fourth-order valence-electron chi connectivity index (χ4n) is 2.50. The third-order valence-corrected chi connectivity index (χ3v) is 4.28. The maximum absolute atomic E-state index is 12.7. The second kappa shape index (κ2) is 9.35. The van der Waals surface area contributed by atoms with Crippen molar-refractivity contribution >= 4 is 34.2 Å². The summed E-state index contributed by atoms with van der Waals surface area (Å²) < 4.78 is 11.8. The Morgan fingerprint density at radius 1 is 1.48 bits per heavy atom. The molecular weight excluding hydrogens is 384 g/mol. The monoisotopic (exact) mass is 406 g/mol. The first-order valence-electron chi connectivity index (χ1n) is 7.60. The van der Waals surface area contributed by atoms with Crippen molar-refractivity contribution in [2.45, 2.75) is 26.3 Å². The van der Waals surface area contributed by atoms with Gasteiger partial charge in [0.2, 0.25) is 0 Å². The molecule has 1 atom stereocenters. The highest BCUT2D eigenvalue weighted by atomic mass is 79.9. The second-order valence-electron chi connectivity index (χ2n) is 5.39. The van der Waals surface area contributed by atoms with E-state index in [1.807, 2.05) is 17.9 Å². The maximum atomic E-state index is 12.7. The van der Waals surface area contributed by atoms with E-state index < -0.39 is 0 Å². The second-order valence-corrected chi connectivity index (χ2v) is 6.24. The minimum atomic E-state index is 0. The number of piperazine rings is 1. The zero-order valence-electron chi connectivity index (χ0n) is 13.7. The van der Waals surface area contributed by atoms with Crippen molar-refractivity contribution in [1.29, 1.82) is 0 Å². The van der Waals surface area contributed by atoms with Crippen molar-refractivity contribution in [3.05, 3.63) is 22.2 Å². The lowest BCUT2D eigenvalue weighted by Crippen LogP contribution is -2.52. The Morgan fingerprint density at radius 2 is 2.22 bits per heavy atom. The molecular formula is C16H24BrClN2O3. The zero-order valence-corrected chi connectivity index (χ0v) is 16.1. The van der Waals surface area contributed by atoms with Crippen LogP contribution >= 0.6 is 28.3 Å². The molecule has 2 rings (SSSR count). The van der Waals surface area contributed by atoms with Crippen LogP contribution in [0.15, 0.2) is 16.6 Å². The van der Waals surface area contributed by atoms with Crippen molar-refractivity contribution < 1.29 is 14.3 Å². The van der Waals surface area contributed by atoms with Gasteiger partial charge in [-0.1, -0.05) is 6.92 Å². The number of carbonyl (C=O) groups excluding carboxylic acids is 1. The number of nitrogens with one attached hydrogen (secondary N) is 1. The molecule has 1 saturated heterocycles. The van der Waals surface area contributed by atoms with Crippen LogP contribution in [0.4, 0.5) is 0 Å². The number of rotatable bonds is 5. The fraction of sp³-hybridized carbons (Fsp3) is 0.562. The van der Waals surface area contributed by atoms with Gasteiger partial charge in [-0.25, -0.2) is 0 Å². The van der Waals surface area contributed by atoms with Crippen molar-refractivity contribution in [2.24, 2.45) is 0 Å². The number of ether oxygens (including phenoxy) is 2. The first-order valence-corrected chi connectivity index (χ1v) is 8.39. The van der Waals surface area contributed by atoms with E-state index in [9.17, 15) is 4.79 Å². The number of nitrogens with zero attached hydrogens (tertiary/aromatic N) is 1. The normalized spacial score (nSPS) is 17.4. The van der Waals surface area contributed by atoms with Gasteiger partial charge in [0.15, 0.2) is 11.5 Å². The number of amides is 1. The van der Waals surface area contributed by atoms with Crippen molar-refractivity contribution in [2.75, 3.05) is 33.4 Å². The standard InChI is InChI=1S/C16H23BrN2O3.ClH/c1-4-7-22-15-13(17)8-12(9-14(15)21-3)16(20)19-6-5-18-10-11(19)2;/h8-9,11,18H,4-7,10H2,1-3H3;1H/t11-;/m0./s1. The van der Waals surface area contributed by atoms with Crippen molar-refractivity contribution in [1.82, 2.24) is 10.2 Å². The van der Waals surface area contributed by atoms with E-state index in [0.29, 0.717) is 30.2 Å². The number of methoxy groups -OCH3 is 1. The van der Waals surface area contributed by atoms with Crippen LogP contribution in [0.1, 0.15) is 30.6 Å². The summed E-state index contributed by atoms with van der Waals surface area (Å²) in [5.74, 6) is 1.25. The zero-order chi connectivity index (χ0) is 16.1. The summed E-state index contributed by atoms with van der Waals surface area (Å²) in [7, 11) is 1.59. The van der Waals surface area contributed by atoms with Crippen molar-refractivity contribution in [3.8, 4) is 11.5 Å². The predicted octanol–water partition coefficient (Wildman–Crippen LogP) is 3.10. The first-order chi connectivity index (χ1) is 10.6. The van der Waals surface area contributed by atoms with E-state index >= 15 is 0 Å². The lowest BCUT2D eigenvalue weighted by molar-refractivity contribution is 0.0655. The van der Waals surface area contributed by atoms with Gasteiger partial charge in [0.1, 0.15) is 0 Å². The van der Waals surface area contributed by atoms with Gasteiger partial charge in [0.05, 0.1) is 18.2 Å². The maximum Gasteiger partial charge on any atom is 0.254 e. The van der Waals surface area contributed by atoms with Crippen molar-refractivity contribution in [3.63, 3.8) is 0 Å². The minimum absolute atomic E-state index is 0. The Morgan fingerprint density at radius 3 is 2.83 bits per heavy atom. The molecule has 0 spiro atoms. The predicted molar refractivity (Wildman–Crippen MR) is 97.1 cm³/mol. The minimum Gasteiger partial charge on any atom is -0.493 e. The first kappa shape index (κ1) is 20.1. The Kier molecular flexibility index (Phi) is 8.16. The smallest absolute Gasteiger partial charge is 0.254 e. The Bertz CT molecular complexity index is 542. The van der Waals surface area contributed by atoms with Crippen LogP contribution < -0.4 is 14.8 Å². The number of benzene rings is 1. The van der Waals surface area contributed by atoms with Gasteiger partial charge in [-0.2, -0.15) is 0 Å². The largest absolute Gasteiger partial charge is 0.493 e. The third kappa shape index (κ3) is 4.75. The highest BCUT2D eigenvalue weighted by Crippen LogP contribution is 2.37. The van der Waals surface area contributed by atoms with Gasteiger partial charge in [-0.3, -0.25) is 4.79 Å². The summed E-state index contributed by atoms with van der Waals surface area (Å²) >= 11 is 3.49. The summed E-state index contributed by atoms with van der Waals surface area (Å²) in [5, 5.41) is 3.29. The summed E-state index contributed by atoms with van der Waals surface area (Å²) in [6.45, 7) is 7.07. The molecule has 1 aromatic carbocycles. The summed E-state index contributed by atoms with van der Waals surface area (Å²) in [5.41, 5.74) is 0.612. The van der Waals surface area contributed by atoms with Crippen LogP contribution in [0.5, 0.6) is 11.5 Å². The molecule has 0 bridgehead atoms. The molecule has 1 aliphatic heterocycles. The van der Waals surface area contributed by atoms with E-state index in [-0.39, 0.29) is 24.4 Å². The van der Waals surface area contributed by atoms with Crippen LogP contribution in [0.3, 0.4) is 0 Å². The fourth-order valence-corrected chi connectivity index (χ4v) is 3.05. The SMILES string of the molecule is CCCOc1c(Br)cc(C(=O)N2CCNC[C@@H]2C)cc1OC.Cl. The number of hydrogen-bond acceptors (Lipinski definition) is 4. The molecule has 0 radical (unpaired) electrons. The molecule has 1 aromatic rings. The molecule has 1 fully saturated rings. The van der Waals surface area contributed by atoms with Crippen LogP contribution in [-0.2, 0) is 0 Å². The molecule has 0 saturated carbocycles. The molecule has 0 aromatic heterocycles. The van der Waals surface area contributed by atoms with Crippen LogP contribution in [-0.4, -0.2) is 50.2 Å². The van der Waals surface area contributed by atoms with E-state index in [1.54, 1.807) is 13.2 Å². The topological polar surface area (TPSA) is 50.8 Å². The molecule has 1 N–H and O–H groups in total. The number of hydrogen-bond donors (Lipinski definition) is 1. The average Bonchev–Trinajstić information content (AvgIpc) is 2.53. The van der Waals surface area contributed by atoms with E-state index in [2.05, 4.69) is 28.2 Å². The molecule has 23 heavy (non-hydrogen) atoms. The van der Waals surface area contributed by atoms with Gasteiger partial charge >= 0.3 is 0 Å². The van der Waals surface area contributed by atoms with E-state index in [4.69, 9.17) is 9.47 Å². The summed E-state index contributed by atoms with van der Waals surface area (Å²) in [6.07, 6.45) is 0.911. The Labute approximate surface area is 152 Å². The van der Waals surface area contributed by atoms with E-state index in [0.717, 1.165) is 24.0 Å². The molecule has 1 heterocycles. The quantitative estimate of drug-likeness (QED) is 0.815. The molecule has 7 heteroatoms. The molecule has 130 valence electrons. The number of carbonyl (C=O) groups is 1. The molecule has 5 nitrogen and oxygen atoms in total. The molecule has 1 aliphatic rings. The molecule has 0 aliphatic carbocycles. The van der Waals surface area contributed by atoms with E-state index in [1.165, 1.54) is 0 Å². The highest BCUT2D eigenvalue weighted by molar-refractivity contribution is 9.10. The molecule has 1 amide bonds. The van der Waals surface area contributed by atoms with Gasteiger partial charge in [-0.05, 0) is 41.4 Å². The third-order valence-electron chi connectivity index (χ3n) is 3.69. The lowest BCUT2D eigenvalue weighted by atomic mass is 10.1. The van der Waals surface area contributed by atoms with Gasteiger partial charge in [0, 0.05) is 31.2 Å². The lowest BCUT2D eigenvalue weighted by Gasteiger charge is -2.34. The summed E-state index contributed by atoms with van der Waals surface area (Å²) in [6, 6.07) is 3.75. The van der Waals surface area contributed by atoms with Gasteiger partial charge in [0.25, 0.3) is 5.91 Å². The Hall–Kier alpha value is -0.980. The Balaban J connectivity index is 0.00000264. The summed E-state index contributed by atoms with van der Waals surface area (Å²) in [4.78, 5) is 14.6. The van der Waals surface area contributed by atoms with Crippen LogP contribution in [0, 0.1) is 0 Å². The van der Waals surface area contributed by atoms with Gasteiger partial charge < -0.3 is 19.7 Å². The van der Waals surface area contributed by atoms with Crippen LogP contribution in [0.2, 0.25) is 0 Å². The average molecular weight is 408 g/mol. The number of halogens is 2. The molecule has 0 unspecified atom stereocenters.